The summed E-state index contributed by atoms with van der Waals surface area (Å²) in [6, 6.07) is 41.1. The van der Waals surface area contributed by atoms with E-state index in [1.807, 2.05) is 36.4 Å². The minimum atomic E-state index is -0.303. The van der Waals surface area contributed by atoms with E-state index in [2.05, 4.69) is 72.8 Å². The molecule has 0 amide bonds. The monoisotopic (exact) mass is 622 g/mol. The molecule has 2 N–H and O–H groups in total. The summed E-state index contributed by atoms with van der Waals surface area (Å²) in [6.45, 7) is 0. The Morgan fingerprint density at radius 1 is 0.511 bits per heavy atom. The van der Waals surface area contributed by atoms with Crippen LogP contribution in [0.4, 0.5) is 0 Å². The first-order valence-electron chi connectivity index (χ1n) is 17.3. The molecule has 0 radical (unpaired) electrons. The predicted molar refractivity (Wildman–Crippen MR) is 185 cm³/mol. The van der Waals surface area contributed by atoms with Crippen LogP contribution in [-0.2, 0) is 17.3 Å². The molecule has 2 saturated carbocycles. The van der Waals surface area contributed by atoms with Crippen LogP contribution in [0.15, 0.2) is 121 Å². The van der Waals surface area contributed by atoms with Crippen LogP contribution in [0.1, 0.15) is 84.7 Å². The van der Waals surface area contributed by atoms with Gasteiger partial charge in [0.1, 0.15) is 11.5 Å². The summed E-state index contributed by atoms with van der Waals surface area (Å²) in [4.78, 5) is 11.7. The second-order valence-corrected chi connectivity index (χ2v) is 13.9. The molecule has 0 heterocycles. The minimum Gasteiger partial charge on any atom is -0.508 e. The van der Waals surface area contributed by atoms with Gasteiger partial charge in [-0.05, 0) is 132 Å². The van der Waals surface area contributed by atoms with Gasteiger partial charge in [-0.15, -0.1) is 0 Å². The third-order valence-corrected chi connectivity index (χ3v) is 11.6. The van der Waals surface area contributed by atoms with Crippen molar-refractivity contribution in [1.29, 1.82) is 0 Å². The van der Waals surface area contributed by atoms with Gasteiger partial charge in [0.05, 0.1) is 0 Å². The first kappa shape index (κ1) is 29.7. The summed E-state index contributed by atoms with van der Waals surface area (Å²) in [7, 11) is 0. The molecule has 0 aromatic heterocycles. The zero-order valence-corrected chi connectivity index (χ0v) is 26.8. The van der Waals surface area contributed by atoms with Crippen LogP contribution in [0.5, 0.6) is 23.0 Å². The molecule has 0 bridgehead atoms. The molecule has 0 saturated heterocycles. The molecule has 3 aliphatic carbocycles. The molecule has 238 valence electrons. The highest BCUT2D eigenvalue weighted by atomic mass is 17.2. The smallest absolute Gasteiger partial charge is 0.178 e. The number of aromatic hydroxyl groups is 2. The van der Waals surface area contributed by atoms with E-state index in [-0.39, 0.29) is 16.6 Å². The Balaban J connectivity index is 1.04. The van der Waals surface area contributed by atoms with Gasteiger partial charge < -0.3 is 10.2 Å². The summed E-state index contributed by atoms with van der Waals surface area (Å²) in [5, 5.41) is 20.1. The third kappa shape index (κ3) is 5.15. The average Bonchev–Trinajstić information content (AvgIpc) is 3.52. The average molecular weight is 623 g/mol. The van der Waals surface area contributed by atoms with Gasteiger partial charge in [0.25, 0.3) is 0 Å². The van der Waals surface area contributed by atoms with E-state index in [4.69, 9.17) is 9.78 Å². The SMILES string of the molecule is Oc1ccc(C2(c3ccc(OOc4ccc(C5(c6ccc(O)cc6)CCC6CCCCC65)cc4)cc3)CCCc3ccccc32)cc1. The number of hydrogen-bond acceptors (Lipinski definition) is 4. The molecule has 47 heavy (non-hydrogen) atoms. The van der Waals surface area contributed by atoms with E-state index in [1.54, 1.807) is 12.1 Å². The molecular formula is C43H42O4. The molecule has 5 aromatic rings. The summed E-state index contributed by atoms with van der Waals surface area (Å²) < 4.78 is 0. The van der Waals surface area contributed by atoms with Crippen LogP contribution < -0.4 is 9.78 Å². The lowest BCUT2D eigenvalue weighted by atomic mass is 9.62. The van der Waals surface area contributed by atoms with E-state index < -0.39 is 0 Å². The Labute approximate surface area is 277 Å². The molecule has 4 heteroatoms. The van der Waals surface area contributed by atoms with Gasteiger partial charge in [-0.2, -0.15) is 0 Å². The summed E-state index contributed by atoms with van der Waals surface area (Å²) in [6.07, 6.45) is 10.7. The molecule has 4 unspecified atom stereocenters. The fraction of sp³-hybridized carbons (Fsp3) is 0.302. The highest BCUT2D eigenvalue weighted by Crippen LogP contribution is 2.58. The Kier molecular flexibility index (Phi) is 7.67. The van der Waals surface area contributed by atoms with Gasteiger partial charge in [0, 0.05) is 10.8 Å². The summed E-state index contributed by atoms with van der Waals surface area (Å²) in [5.74, 6) is 3.27. The number of phenolic OH excluding ortho intramolecular Hbond substituents is 2. The zero-order valence-electron chi connectivity index (χ0n) is 26.8. The maximum Gasteiger partial charge on any atom is 0.178 e. The Morgan fingerprint density at radius 2 is 1.04 bits per heavy atom. The largest absolute Gasteiger partial charge is 0.508 e. The molecule has 3 aliphatic rings. The van der Waals surface area contributed by atoms with Gasteiger partial charge >= 0.3 is 0 Å². The molecule has 4 nitrogen and oxygen atoms in total. The van der Waals surface area contributed by atoms with Crippen molar-refractivity contribution in [3.05, 3.63) is 155 Å². The van der Waals surface area contributed by atoms with Crippen molar-refractivity contribution >= 4 is 0 Å². The maximum absolute atomic E-state index is 10.0. The Bertz CT molecular complexity index is 1830. The second kappa shape index (κ2) is 12.2. The van der Waals surface area contributed by atoms with Gasteiger partial charge in [-0.25, -0.2) is 0 Å². The predicted octanol–water partition coefficient (Wildman–Crippen LogP) is 10.0. The van der Waals surface area contributed by atoms with Gasteiger partial charge in [-0.1, -0.05) is 92.1 Å². The van der Waals surface area contributed by atoms with Crippen molar-refractivity contribution in [2.24, 2.45) is 11.8 Å². The van der Waals surface area contributed by atoms with Crippen molar-refractivity contribution in [3.8, 4) is 23.0 Å². The van der Waals surface area contributed by atoms with Crippen molar-refractivity contribution < 1.29 is 20.0 Å². The summed E-state index contributed by atoms with van der Waals surface area (Å²) in [5.41, 5.74) is 7.36. The molecule has 4 atom stereocenters. The molecule has 2 fully saturated rings. The van der Waals surface area contributed by atoms with E-state index in [9.17, 15) is 10.2 Å². The number of aryl methyl sites for hydroxylation is 1. The standard InChI is InChI=1S/C43H42O4/c44-36-19-11-32(12-20-36)42(28-5-8-30-6-1-3-9-40(30)42)34-15-23-38(24-16-34)46-47-39-25-17-35(18-26-39)43(33-13-21-37(45)22-14-33)29-27-31-7-2-4-10-41(31)43/h1,3,6,9,11-26,31,41,44-45H,2,4-5,7-8,10,27-29H2. The van der Waals surface area contributed by atoms with E-state index in [1.165, 1.54) is 65.5 Å². The molecule has 0 aliphatic heterocycles. The molecule has 8 rings (SSSR count). The highest BCUT2D eigenvalue weighted by molar-refractivity contribution is 5.55. The third-order valence-electron chi connectivity index (χ3n) is 11.6. The number of benzene rings is 5. The van der Waals surface area contributed by atoms with Crippen LogP contribution in [0, 0.1) is 11.8 Å². The molecular weight excluding hydrogens is 580 g/mol. The van der Waals surface area contributed by atoms with E-state index in [0.29, 0.717) is 23.2 Å². The zero-order chi connectivity index (χ0) is 31.8. The summed E-state index contributed by atoms with van der Waals surface area (Å²) >= 11 is 0. The number of fused-ring (bicyclic) bond motifs is 2. The van der Waals surface area contributed by atoms with Crippen LogP contribution in [0.2, 0.25) is 0 Å². The quantitative estimate of drug-likeness (QED) is 0.140. The minimum absolute atomic E-state index is 0.0425. The van der Waals surface area contributed by atoms with Crippen LogP contribution >= 0.6 is 0 Å². The molecule has 0 spiro atoms. The van der Waals surface area contributed by atoms with Crippen molar-refractivity contribution in [2.45, 2.75) is 68.6 Å². The fourth-order valence-electron chi connectivity index (χ4n) is 9.49. The Morgan fingerprint density at radius 3 is 1.68 bits per heavy atom. The van der Waals surface area contributed by atoms with Gasteiger partial charge in [0.2, 0.25) is 0 Å². The van der Waals surface area contributed by atoms with Crippen LogP contribution in [-0.4, -0.2) is 10.2 Å². The van der Waals surface area contributed by atoms with E-state index in [0.717, 1.165) is 31.6 Å². The lowest BCUT2D eigenvalue weighted by molar-refractivity contribution is -0.0999. The van der Waals surface area contributed by atoms with Crippen molar-refractivity contribution in [1.82, 2.24) is 0 Å². The van der Waals surface area contributed by atoms with Crippen LogP contribution in [0.25, 0.3) is 0 Å². The normalized spacial score (nSPS) is 25.0. The van der Waals surface area contributed by atoms with Crippen molar-refractivity contribution in [2.75, 3.05) is 0 Å². The van der Waals surface area contributed by atoms with Gasteiger partial charge in [0.15, 0.2) is 11.5 Å². The second-order valence-electron chi connectivity index (χ2n) is 13.9. The fourth-order valence-corrected chi connectivity index (χ4v) is 9.49. The number of rotatable bonds is 7. The topological polar surface area (TPSA) is 58.9 Å². The lowest BCUT2D eigenvalue weighted by Crippen LogP contribution is -2.35. The lowest BCUT2D eigenvalue weighted by Gasteiger charge is -2.41. The molecule has 5 aromatic carbocycles. The van der Waals surface area contributed by atoms with Crippen molar-refractivity contribution in [3.63, 3.8) is 0 Å². The number of hydrogen-bond donors (Lipinski definition) is 2. The van der Waals surface area contributed by atoms with Crippen LogP contribution in [0.3, 0.4) is 0 Å². The highest BCUT2D eigenvalue weighted by Gasteiger charge is 2.50. The first-order valence-corrected chi connectivity index (χ1v) is 17.3. The van der Waals surface area contributed by atoms with E-state index >= 15 is 0 Å². The maximum atomic E-state index is 10.0. The van der Waals surface area contributed by atoms with Gasteiger partial charge in [-0.3, -0.25) is 9.78 Å². The first-order chi connectivity index (χ1) is 23.1. The Hall–Kier alpha value is -4.70. The number of phenols is 2.